The van der Waals surface area contributed by atoms with Crippen molar-refractivity contribution in [3.63, 3.8) is 0 Å². The first kappa shape index (κ1) is 12.2. The molecule has 0 aromatic heterocycles. The Labute approximate surface area is 103 Å². The average molecular weight is 250 g/mol. The van der Waals surface area contributed by atoms with Crippen LogP contribution < -0.4 is 0 Å². The van der Waals surface area contributed by atoms with Gasteiger partial charge in [0.05, 0.1) is 6.54 Å². The van der Waals surface area contributed by atoms with Crippen molar-refractivity contribution in [2.75, 3.05) is 0 Å². The smallest absolute Gasteiger partial charge is 0.352 e. The Morgan fingerprint density at radius 2 is 2.00 bits per heavy atom. The summed E-state index contributed by atoms with van der Waals surface area (Å²) in [6.07, 6.45) is 0.278. The molecular weight excluding hydrogens is 239 g/mol. The summed E-state index contributed by atoms with van der Waals surface area (Å²) in [5.74, 6) is -1.71. The maximum Gasteiger partial charge on any atom is 0.352 e. The van der Waals surface area contributed by atoms with Gasteiger partial charge in [0.1, 0.15) is 11.5 Å². The zero-order valence-corrected chi connectivity index (χ0v) is 9.47. The molecule has 1 aromatic rings. The lowest BCUT2D eigenvalue weighted by molar-refractivity contribution is -0.133. The van der Waals surface area contributed by atoms with Crippen molar-refractivity contribution >= 4 is 17.6 Å². The summed E-state index contributed by atoms with van der Waals surface area (Å²) in [4.78, 5) is 22.4. The van der Waals surface area contributed by atoms with E-state index in [0.717, 1.165) is 5.01 Å². The van der Waals surface area contributed by atoms with E-state index in [1.807, 2.05) is 0 Å². The number of carbonyl (C=O) groups excluding carboxylic acids is 1. The Hall–Kier alpha value is -2.24. The number of halogens is 1. The minimum absolute atomic E-state index is 0.0308. The zero-order valence-electron chi connectivity index (χ0n) is 9.47. The topological polar surface area (TPSA) is 70.0 Å². The molecule has 94 valence electrons. The maximum absolute atomic E-state index is 12.7. The predicted octanol–water partition coefficient (Wildman–Crippen LogP) is 1.39. The highest BCUT2D eigenvalue weighted by molar-refractivity contribution is 6.36. The molecular formula is C12H11FN2O3. The molecule has 1 aliphatic heterocycles. The van der Waals surface area contributed by atoms with Crippen LogP contribution in [-0.4, -0.2) is 27.7 Å². The van der Waals surface area contributed by atoms with Crippen LogP contribution in [0.3, 0.4) is 0 Å². The van der Waals surface area contributed by atoms with Crippen LogP contribution in [0.4, 0.5) is 4.39 Å². The van der Waals surface area contributed by atoms with E-state index in [4.69, 9.17) is 5.11 Å². The van der Waals surface area contributed by atoms with Crippen molar-refractivity contribution in [1.29, 1.82) is 0 Å². The summed E-state index contributed by atoms with van der Waals surface area (Å²) in [5.41, 5.74) is 0.664. The molecule has 5 nitrogen and oxygen atoms in total. The molecule has 0 saturated carbocycles. The molecule has 1 heterocycles. The van der Waals surface area contributed by atoms with Gasteiger partial charge in [0, 0.05) is 12.8 Å². The van der Waals surface area contributed by atoms with Crippen LogP contribution in [0.5, 0.6) is 0 Å². The summed E-state index contributed by atoms with van der Waals surface area (Å²) in [6.45, 7) is 0.149. The fraction of sp³-hybridized carbons (Fsp3) is 0.250. The predicted molar refractivity (Wildman–Crippen MR) is 61.3 cm³/mol. The number of nitrogens with zero attached hydrogens (tertiary/aromatic N) is 2. The van der Waals surface area contributed by atoms with Crippen LogP contribution in [0.1, 0.15) is 18.4 Å². The fourth-order valence-corrected chi connectivity index (χ4v) is 1.64. The van der Waals surface area contributed by atoms with E-state index in [0.29, 0.717) is 5.56 Å². The summed E-state index contributed by atoms with van der Waals surface area (Å²) in [6, 6.07) is 5.64. The SMILES string of the molecule is O=C(O)C1=NN(Cc2ccc(F)cc2)C(=O)CC1. The molecule has 1 aliphatic rings. The second kappa shape index (κ2) is 4.95. The standard InChI is InChI=1S/C12H11FN2O3/c13-9-3-1-8(2-4-9)7-15-11(16)6-5-10(14-15)12(17)18/h1-4H,5-7H2,(H,17,18). The molecule has 1 aromatic carbocycles. The summed E-state index contributed by atoms with van der Waals surface area (Å²) in [7, 11) is 0. The van der Waals surface area contributed by atoms with Gasteiger partial charge >= 0.3 is 5.97 Å². The number of benzene rings is 1. The van der Waals surface area contributed by atoms with Crippen LogP contribution in [0, 0.1) is 5.82 Å². The summed E-state index contributed by atoms with van der Waals surface area (Å²) >= 11 is 0. The van der Waals surface area contributed by atoms with Crippen molar-refractivity contribution in [2.24, 2.45) is 5.10 Å². The van der Waals surface area contributed by atoms with Crippen molar-refractivity contribution in [3.05, 3.63) is 35.6 Å². The van der Waals surface area contributed by atoms with Gasteiger partial charge in [-0.15, -0.1) is 0 Å². The Kier molecular flexibility index (Phi) is 3.36. The number of amides is 1. The van der Waals surface area contributed by atoms with Gasteiger partial charge in [-0.25, -0.2) is 14.2 Å². The van der Waals surface area contributed by atoms with Gasteiger partial charge in [-0.3, -0.25) is 4.79 Å². The molecule has 2 rings (SSSR count). The van der Waals surface area contributed by atoms with Gasteiger partial charge < -0.3 is 5.11 Å². The van der Waals surface area contributed by atoms with Crippen LogP contribution in [0.2, 0.25) is 0 Å². The quantitative estimate of drug-likeness (QED) is 0.881. The molecule has 0 atom stereocenters. The van der Waals surface area contributed by atoms with E-state index in [1.54, 1.807) is 0 Å². The van der Waals surface area contributed by atoms with E-state index in [2.05, 4.69) is 5.10 Å². The minimum atomic E-state index is -1.12. The molecule has 0 spiro atoms. The fourth-order valence-electron chi connectivity index (χ4n) is 1.64. The largest absolute Gasteiger partial charge is 0.477 e. The normalized spacial score (nSPS) is 15.5. The minimum Gasteiger partial charge on any atom is -0.477 e. The van der Waals surface area contributed by atoms with Gasteiger partial charge in [0.2, 0.25) is 5.91 Å². The molecule has 0 fully saturated rings. The van der Waals surface area contributed by atoms with Gasteiger partial charge in [-0.05, 0) is 17.7 Å². The average Bonchev–Trinajstić information content (AvgIpc) is 2.34. The molecule has 1 amide bonds. The highest BCUT2D eigenvalue weighted by atomic mass is 19.1. The lowest BCUT2D eigenvalue weighted by Gasteiger charge is -2.22. The number of hydrazone groups is 1. The van der Waals surface area contributed by atoms with E-state index in [9.17, 15) is 14.0 Å². The molecule has 18 heavy (non-hydrogen) atoms. The molecule has 0 radical (unpaired) electrons. The molecule has 0 bridgehead atoms. The van der Waals surface area contributed by atoms with Gasteiger partial charge in [0.15, 0.2) is 0 Å². The molecule has 0 unspecified atom stereocenters. The first-order chi connectivity index (χ1) is 8.56. The van der Waals surface area contributed by atoms with Gasteiger partial charge in [-0.2, -0.15) is 5.10 Å². The van der Waals surface area contributed by atoms with E-state index in [-0.39, 0.29) is 36.8 Å². The van der Waals surface area contributed by atoms with E-state index in [1.165, 1.54) is 24.3 Å². The van der Waals surface area contributed by atoms with Crippen LogP contribution in [-0.2, 0) is 16.1 Å². The molecule has 0 aliphatic carbocycles. The second-order valence-electron chi connectivity index (χ2n) is 3.93. The number of rotatable bonds is 3. The lowest BCUT2D eigenvalue weighted by atomic mass is 10.1. The van der Waals surface area contributed by atoms with Crippen molar-refractivity contribution in [2.45, 2.75) is 19.4 Å². The first-order valence-electron chi connectivity index (χ1n) is 5.42. The van der Waals surface area contributed by atoms with Gasteiger partial charge in [0.25, 0.3) is 0 Å². The number of aliphatic carboxylic acids is 1. The Balaban J connectivity index is 2.16. The Bertz CT molecular complexity index is 511. The summed E-state index contributed by atoms with van der Waals surface area (Å²) in [5, 5.41) is 13.7. The van der Waals surface area contributed by atoms with Crippen molar-refractivity contribution < 1.29 is 19.1 Å². The van der Waals surface area contributed by atoms with Crippen molar-refractivity contribution in [1.82, 2.24) is 5.01 Å². The van der Waals surface area contributed by atoms with Crippen LogP contribution in [0.15, 0.2) is 29.4 Å². The maximum atomic E-state index is 12.7. The van der Waals surface area contributed by atoms with E-state index < -0.39 is 5.97 Å². The Morgan fingerprint density at radius 1 is 1.33 bits per heavy atom. The highest BCUT2D eigenvalue weighted by Gasteiger charge is 2.23. The third kappa shape index (κ3) is 2.71. The second-order valence-corrected chi connectivity index (χ2v) is 3.93. The monoisotopic (exact) mass is 250 g/mol. The lowest BCUT2D eigenvalue weighted by Crippen LogP contribution is -2.33. The first-order valence-corrected chi connectivity index (χ1v) is 5.42. The highest BCUT2D eigenvalue weighted by Crippen LogP contribution is 2.14. The summed E-state index contributed by atoms with van der Waals surface area (Å²) < 4.78 is 12.7. The number of hydrogen-bond acceptors (Lipinski definition) is 3. The van der Waals surface area contributed by atoms with Gasteiger partial charge in [-0.1, -0.05) is 12.1 Å². The molecule has 1 N–H and O–H groups in total. The third-order valence-electron chi connectivity index (χ3n) is 2.60. The number of carboxylic acid groups (broad SMARTS) is 1. The Morgan fingerprint density at radius 3 is 2.61 bits per heavy atom. The van der Waals surface area contributed by atoms with Crippen LogP contribution >= 0.6 is 0 Å². The number of hydrogen-bond donors (Lipinski definition) is 1. The number of carbonyl (C=O) groups is 2. The van der Waals surface area contributed by atoms with E-state index >= 15 is 0 Å². The van der Waals surface area contributed by atoms with Crippen molar-refractivity contribution in [3.8, 4) is 0 Å². The number of carboxylic acids is 1. The molecule has 0 saturated heterocycles. The third-order valence-corrected chi connectivity index (χ3v) is 2.60. The van der Waals surface area contributed by atoms with Crippen LogP contribution in [0.25, 0.3) is 0 Å². The zero-order chi connectivity index (χ0) is 13.1. The molecule has 6 heteroatoms.